The first kappa shape index (κ1) is 18.3. The minimum atomic E-state index is -3.07. The highest BCUT2D eigenvalue weighted by atomic mass is 19.2. The molecule has 0 amide bonds. The summed E-state index contributed by atoms with van der Waals surface area (Å²) >= 11 is 0. The Morgan fingerprint density at radius 3 is 1.92 bits per heavy atom. The smallest absolute Gasteiger partial charge is 0.203 e. The van der Waals surface area contributed by atoms with Gasteiger partial charge in [-0.25, -0.2) is 26.3 Å². The second kappa shape index (κ2) is 6.14. The molecule has 0 radical (unpaired) electrons. The van der Waals surface area contributed by atoms with Gasteiger partial charge in [0, 0.05) is 5.82 Å². The van der Waals surface area contributed by atoms with Gasteiger partial charge in [-0.3, -0.25) is 0 Å². The number of alkyl halides is 1. The fourth-order valence-corrected chi connectivity index (χ4v) is 2.34. The first-order chi connectivity index (χ1) is 11.0. The van der Waals surface area contributed by atoms with Gasteiger partial charge >= 0.3 is 0 Å². The third-order valence-corrected chi connectivity index (χ3v) is 3.61. The predicted molar refractivity (Wildman–Crippen MR) is 71.3 cm³/mol. The normalized spacial score (nSPS) is 24.1. The number of rotatable bonds is 3. The Morgan fingerprint density at radius 1 is 0.958 bits per heavy atom. The maximum atomic E-state index is 13.8. The lowest BCUT2D eigenvalue weighted by Crippen LogP contribution is -2.33. The summed E-state index contributed by atoms with van der Waals surface area (Å²) in [7, 11) is -0.545. The van der Waals surface area contributed by atoms with E-state index < -0.39 is 70.7 Å². The van der Waals surface area contributed by atoms with Crippen LogP contribution in [0.5, 0.6) is 5.75 Å². The largest absolute Gasteiger partial charge is 0.491 e. The van der Waals surface area contributed by atoms with Gasteiger partial charge in [0.1, 0.15) is 11.7 Å². The molecule has 2 atom stereocenters. The molecule has 0 bridgehead atoms. The third kappa shape index (κ3) is 2.78. The zero-order chi connectivity index (χ0) is 18.4. The molecule has 1 aromatic carbocycles. The van der Waals surface area contributed by atoms with Crippen LogP contribution < -0.4 is 10.2 Å². The molecule has 2 unspecified atom stereocenters. The van der Waals surface area contributed by atoms with Gasteiger partial charge in [0.25, 0.3) is 0 Å². The van der Waals surface area contributed by atoms with E-state index >= 15 is 0 Å². The standard InChI is InChI=1S/C14H9BF8O/c1-14(23)3-4(16)5(9(19)13(14)22)15-6-7(17)10(20)12(24-2)11(21)8(6)18/h3,5,15H,1-2H3. The Morgan fingerprint density at radius 2 is 1.46 bits per heavy atom. The van der Waals surface area contributed by atoms with Crippen molar-refractivity contribution in [2.45, 2.75) is 18.4 Å². The summed E-state index contributed by atoms with van der Waals surface area (Å²) in [6.07, 6.45) is 0.0854. The van der Waals surface area contributed by atoms with Gasteiger partial charge in [0.05, 0.1) is 7.11 Å². The number of halogens is 8. The Balaban J connectivity index is 2.54. The van der Waals surface area contributed by atoms with Crippen LogP contribution in [-0.2, 0) is 0 Å². The highest BCUT2D eigenvalue weighted by Gasteiger charge is 2.42. The molecular weight excluding hydrogens is 347 g/mol. The summed E-state index contributed by atoms with van der Waals surface area (Å²) in [6, 6.07) is 0. The zero-order valence-electron chi connectivity index (χ0n) is 12.3. The van der Waals surface area contributed by atoms with Crippen molar-refractivity contribution in [2.75, 3.05) is 7.11 Å². The number of allylic oxidation sites excluding steroid dienone is 4. The van der Waals surface area contributed by atoms with Gasteiger partial charge in [-0.05, 0) is 18.5 Å². The summed E-state index contributed by atoms with van der Waals surface area (Å²) in [6.45, 7) is 0.533. The molecule has 24 heavy (non-hydrogen) atoms. The lowest BCUT2D eigenvalue weighted by molar-refractivity contribution is 0.233. The Kier molecular flexibility index (Phi) is 4.69. The highest BCUT2D eigenvalue weighted by molar-refractivity contribution is 6.56. The van der Waals surface area contributed by atoms with Crippen molar-refractivity contribution in [1.29, 1.82) is 0 Å². The monoisotopic (exact) mass is 356 g/mol. The molecule has 0 heterocycles. The number of hydrogen-bond acceptors (Lipinski definition) is 1. The highest BCUT2D eigenvalue weighted by Crippen LogP contribution is 2.43. The van der Waals surface area contributed by atoms with E-state index in [9.17, 15) is 35.1 Å². The number of ether oxygens (including phenoxy) is 1. The van der Waals surface area contributed by atoms with Crippen molar-refractivity contribution in [3.8, 4) is 5.75 Å². The van der Waals surface area contributed by atoms with Gasteiger partial charge in [0.15, 0.2) is 36.2 Å². The average Bonchev–Trinajstić information content (AvgIpc) is 2.50. The third-order valence-electron chi connectivity index (χ3n) is 3.61. The number of benzene rings is 1. The minimum absolute atomic E-state index is 0.0854. The fraction of sp³-hybridized carbons (Fsp3) is 0.286. The van der Waals surface area contributed by atoms with E-state index in [4.69, 9.17) is 0 Å². The molecule has 0 aromatic heterocycles. The van der Waals surface area contributed by atoms with Crippen molar-refractivity contribution in [1.82, 2.24) is 0 Å². The van der Waals surface area contributed by atoms with Crippen LogP contribution in [0.25, 0.3) is 0 Å². The molecule has 0 aliphatic heterocycles. The van der Waals surface area contributed by atoms with Crippen LogP contribution in [0.3, 0.4) is 0 Å². The van der Waals surface area contributed by atoms with Crippen LogP contribution in [0.15, 0.2) is 23.6 Å². The van der Waals surface area contributed by atoms with E-state index in [1.54, 1.807) is 0 Å². The second-order valence-corrected chi connectivity index (χ2v) is 5.29. The molecule has 0 saturated carbocycles. The fourth-order valence-electron chi connectivity index (χ4n) is 2.34. The maximum Gasteiger partial charge on any atom is 0.203 e. The molecule has 2 rings (SSSR count). The van der Waals surface area contributed by atoms with E-state index in [0.717, 1.165) is 7.11 Å². The Hall–Kier alpha value is -2.00. The van der Waals surface area contributed by atoms with Crippen LogP contribution in [0.2, 0.25) is 5.82 Å². The molecule has 1 aromatic rings. The van der Waals surface area contributed by atoms with E-state index in [1.807, 2.05) is 0 Å². The van der Waals surface area contributed by atoms with Gasteiger partial charge < -0.3 is 4.74 Å². The molecule has 1 nitrogen and oxygen atoms in total. The van der Waals surface area contributed by atoms with Crippen molar-refractivity contribution < 1.29 is 39.9 Å². The van der Waals surface area contributed by atoms with E-state index in [1.165, 1.54) is 0 Å². The summed E-state index contributed by atoms with van der Waals surface area (Å²) in [5.41, 5.74) is -4.43. The average molecular weight is 356 g/mol. The molecule has 130 valence electrons. The maximum absolute atomic E-state index is 13.8. The summed E-state index contributed by atoms with van der Waals surface area (Å²) < 4.78 is 114. The van der Waals surface area contributed by atoms with Crippen molar-refractivity contribution in [2.24, 2.45) is 0 Å². The molecule has 0 fully saturated rings. The summed E-state index contributed by atoms with van der Waals surface area (Å²) in [4.78, 5) is 0. The molecule has 0 spiro atoms. The Bertz CT molecular complexity index is 727. The molecule has 0 saturated heterocycles. The zero-order valence-corrected chi connectivity index (χ0v) is 12.3. The summed E-state index contributed by atoms with van der Waals surface area (Å²) in [5, 5.41) is 0. The lowest BCUT2D eigenvalue weighted by Gasteiger charge is -2.25. The van der Waals surface area contributed by atoms with E-state index in [-0.39, 0.29) is 6.08 Å². The molecule has 0 N–H and O–H groups in total. The van der Waals surface area contributed by atoms with Crippen LogP contribution in [0, 0.1) is 23.3 Å². The van der Waals surface area contributed by atoms with Crippen molar-refractivity contribution in [3.05, 3.63) is 46.8 Å². The van der Waals surface area contributed by atoms with Gasteiger partial charge in [-0.1, -0.05) is 0 Å². The van der Waals surface area contributed by atoms with Gasteiger partial charge in [-0.15, -0.1) is 0 Å². The van der Waals surface area contributed by atoms with Crippen LogP contribution >= 0.6 is 0 Å². The SMILES string of the molecule is COc1c(F)c(F)c(BC2C(F)=CC(C)(F)C(F)=C2F)c(F)c1F. The molecule has 1 aliphatic carbocycles. The van der Waals surface area contributed by atoms with E-state index in [0.29, 0.717) is 6.92 Å². The summed E-state index contributed by atoms with van der Waals surface area (Å²) in [5.74, 6) is -16.8. The second-order valence-electron chi connectivity index (χ2n) is 5.29. The van der Waals surface area contributed by atoms with Gasteiger partial charge in [0.2, 0.25) is 11.6 Å². The van der Waals surface area contributed by atoms with E-state index in [2.05, 4.69) is 4.74 Å². The quantitative estimate of drug-likeness (QED) is 0.454. The molecule has 1 aliphatic rings. The molecule has 10 heteroatoms. The Labute approximate surface area is 131 Å². The van der Waals surface area contributed by atoms with Crippen LogP contribution in [0.4, 0.5) is 35.1 Å². The van der Waals surface area contributed by atoms with Crippen molar-refractivity contribution in [3.63, 3.8) is 0 Å². The van der Waals surface area contributed by atoms with Gasteiger partial charge in [-0.2, -0.15) is 8.78 Å². The predicted octanol–water partition coefficient (Wildman–Crippen LogP) is 3.85. The molecular formula is C14H9BF8O. The first-order valence-corrected chi connectivity index (χ1v) is 6.54. The topological polar surface area (TPSA) is 9.23 Å². The first-order valence-electron chi connectivity index (χ1n) is 6.54. The van der Waals surface area contributed by atoms with Crippen molar-refractivity contribution >= 4 is 12.7 Å². The minimum Gasteiger partial charge on any atom is -0.491 e. The number of methoxy groups -OCH3 is 1. The lowest BCUT2D eigenvalue weighted by atomic mass is 9.56. The van der Waals surface area contributed by atoms with Crippen LogP contribution in [0.1, 0.15) is 6.92 Å². The number of hydrogen-bond donors (Lipinski definition) is 0. The van der Waals surface area contributed by atoms with Crippen LogP contribution in [-0.4, -0.2) is 20.1 Å².